The van der Waals surface area contributed by atoms with Crippen LogP contribution in [-0.2, 0) is 11.2 Å². The van der Waals surface area contributed by atoms with Gasteiger partial charge in [0.05, 0.1) is 13.5 Å². The maximum atomic E-state index is 12.9. The Morgan fingerprint density at radius 2 is 1.85 bits per heavy atom. The summed E-state index contributed by atoms with van der Waals surface area (Å²) in [5.74, 6) is 2.23. The van der Waals surface area contributed by atoms with Crippen molar-refractivity contribution in [3.63, 3.8) is 0 Å². The van der Waals surface area contributed by atoms with Crippen molar-refractivity contribution in [2.75, 3.05) is 20.2 Å². The number of rotatable bonds is 6. The predicted octanol–water partition coefficient (Wildman–Crippen LogP) is 5.06. The number of likely N-dealkylation sites (tertiary alicyclic amines) is 1. The van der Waals surface area contributed by atoms with Crippen molar-refractivity contribution in [3.05, 3.63) is 65.7 Å². The molecule has 2 aromatic carbocycles. The van der Waals surface area contributed by atoms with Crippen LogP contribution in [0, 0.1) is 5.92 Å². The molecule has 2 unspecified atom stereocenters. The van der Waals surface area contributed by atoms with Crippen molar-refractivity contribution in [1.82, 2.24) is 4.90 Å². The number of nitrogens with zero attached hydrogens (tertiary/aromatic N) is 1. The van der Waals surface area contributed by atoms with E-state index < -0.39 is 0 Å². The van der Waals surface area contributed by atoms with Gasteiger partial charge in [0.2, 0.25) is 5.91 Å². The Morgan fingerprint density at radius 1 is 1.11 bits per heavy atom. The highest BCUT2D eigenvalue weighted by Gasteiger charge is 2.28. The van der Waals surface area contributed by atoms with E-state index in [1.54, 1.807) is 7.11 Å². The number of carbonyl (C=O) groups excluding carboxylic acids is 1. The molecule has 2 atom stereocenters. The third-order valence-corrected chi connectivity index (χ3v) is 5.67. The van der Waals surface area contributed by atoms with Gasteiger partial charge in [0.15, 0.2) is 0 Å². The lowest BCUT2D eigenvalue weighted by molar-refractivity contribution is -0.130. The van der Waals surface area contributed by atoms with E-state index in [-0.39, 0.29) is 5.91 Å². The van der Waals surface area contributed by atoms with Crippen LogP contribution in [0.5, 0.6) is 5.75 Å². The molecule has 1 aliphatic rings. The Hall–Kier alpha value is -2.29. The number of hydrogen-bond donors (Lipinski definition) is 0. The lowest BCUT2D eigenvalue weighted by Gasteiger charge is -2.24. The summed E-state index contributed by atoms with van der Waals surface area (Å²) < 4.78 is 5.61. The molecule has 1 fully saturated rings. The second kappa shape index (κ2) is 9.59. The monoisotopic (exact) mass is 365 g/mol. The molecule has 0 saturated carbocycles. The highest BCUT2D eigenvalue weighted by Crippen LogP contribution is 2.37. The summed E-state index contributed by atoms with van der Waals surface area (Å²) in [6.45, 7) is 3.94. The Labute approximate surface area is 163 Å². The Balaban J connectivity index is 1.74. The van der Waals surface area contributed by atoms with E-state index in [0.717, 1.165) is 43.7 Å². The first-order valence-electron chi connectivity index (χ1n) is 10.2. The van der Waals surface area contributed by atoms with Gasteiger partial charge in [-0.2, -0.15) is 0 Å². The topological polar surface area (TPSA) is 29.5 Å². The van der Waals surface area contributed by atoms with E-state index in [1.807, 2.05) is 42.5 Å². The van der Waals surface area contributed by atoms with Gasteiger partial charge < -0.3 is 9.64 Å². The lowest BCUT2D eigenvalue weighted by Crippen LogP contribution is -2.35. The SMILES string of the molecule is CCCC1CC(c2ccccc2OC)CCN(C(=O)Cc2ccccc2)C1. The maximum absolute atomic E-state index is 12.9. The van der Waals surface area contributed by atoms with Gasteiger partial charge >= 0.3 is 0 Å². The fraction of sp³-hybridized carbons (Fsp3) is 0.458. The zero-order valence-electron chi connectivity index (χ0n) is 16.6. The van der Waals surface area contributed by atoms with Crippen LogP contribution < -0.4 is 4.74 Å². The molecule has 3 rings (SSSR count). The number of ether oxygens (including phenoxy) is 1. The van der Waals surface area contributed by atoms with Crippen molar-refractivity contribution < 1.29 is 9.53 Å². The molecule has 1 aliphatic heterocycles. The standard InChI is InChI=1S/C24H31NO2/c1-3-9-20-16-21(22-12-7-8-13-23(22)27-2)14-15-25(18-20)24(26)17-19-10-5-4-6-11-19/h4-8,10-13,20-21H,3,9,14-18H2,1-2H3. The highest BCUT2D eigenvalue weighted by atomic mass is 16.5. The first-order valence-corrected chi connectivity index (χ1v) is 10.2. The normalized spacial score (nSPS) is 20.1. The van der Waals surface area contributed by atoms with E-state index >= 15 is 0 Å². The fourth-order valence-corrected chi connectivity index (χ4v) is 4.32. The molecule has 0 spiro atoms. The van der Waals surface area contributed by atoms with E-state index in [9.17, 15) is 4.79 Å². The van der Waals surface area contributed by atoms with Crippen LogP contribution in [0.2, 0.25) is 0 Å². The van der Waals surface area contributed by atoms with Crippen LogP contribution in [-0.4, -0.2) is 31.0 Å². The highest BCUT2D eigenvalue weighted by molar-refractivity contribution is 5.78. The molecule has 1 amide bonds. The first-order chi connectivity index (χ1) is 13.2. The van der Waals surface area contributed by atoms with Gasteiger partial charge in [0.25, 0.3) is 0 Å². The van der Waals surface area contributed by atoms with Gasteiger partial charge in [-0.1, -0.05) is 61.9 Å². The predicted molar refractivity (Wildman–Crippen MR) is 110 cm³/mol. The van der Waals surface area contributed by atoms with Gasteiger partial charge in [0, 0.05) is 13.1 Å². The third-order valence-electron chi connectivity index (χ3n) is 5.67. The second-order valence-corrected chi connectivity index (χ2v) is 7.62. The van der Waals surface area contributed by atoms with Crippen molar-refractivity contribution in [3.8, 4) is 5.75 Å². The molecular weight excluding hydrogens is 334 g/mol. The lowest BCUT2D eigenvalue weighted by atomic mass is 9.85. The summed E-state index contributed by atoms with van der Waals surface area (Å²) >= 11 is 0. The van der Waals surface area contributed by atoms with E-state index in [0.29, 0.717) is 18.3 Å². The largest absolute Gasteiger partial charge is 0.496 e. The molecule has 0 aliphatic carbocycles. The molecule has 3 nitrogen and oxygen atoms in total. The molecule has 0 radical (unpaired) electrons. The Kier molecular flexibility index (Phi) is 6.92. The molecule has 1 saturated heterocycles. The van der Waals surface area contributed by atoms with Gasteiger partial charge in [-0.3, -0.25) is 4.79 Å². The zero-order chi connectivity index (χ0) is 19.1. The minimum absolute atomic E-state index is 0.253. The summed E-state index contributed by atoms with van der Waals surface area (Å²) in [6.07, 6.45) is 4.95. The molecule has 144 valence electrons. The molecule has 3 heteroatoms. The average Bonchev–Trinajstić information content (AvgIpc) is 2.92. The summed E-state index contributed by atoms with van der Waals surface area (Å²) in [5.41, 5.74) is 2.39. The van der Waals surface area contributed by atoms with Crippen molar-refractivity contribution in [1.29, 1.82) is 0 Å². The van der Waals surface area contributed by atoms with Gasteiger partial charge in [-0.25, -0.2) is 0 Å². The van der Waals surface area contributed by atoms with E-state index in [4.69, 9.17) is 4.74 Å². The average molecular weight is 366 g/mol. The van der Waals surface area contributed by atoms with Crippen LogP contribution in [0.3, 0.4) is 0 Å². The summed E-state index contributed by atoms with van der Waals surface area (Å²) in [6, 6.07) is 18.4. The number of para-hydroxylation sites is 1. The number of amides is 1. The molecule has 0 bridgehead atoms. The summed E-state index contributed by atoms with van der Waals surface area (Å²) in [4.78, 5) is 15.0. The van der Waals surface area contributed by atoms with Crippen LogP contribution >= 0.6 is 0 Å². The molecule has 2 aromatic rings. The van der Waals surface area contributed by atoms with Crippen molar-refractivity contribution in [2.24, 2.45) is 5.92 Å². The van der Waals surface area contributed by atoms with Crippen LogP contribution in [0.4, 0.5) is 0 Å². The van der Waals surface area contributed by atoms with Crippen molar-refractivity contribution in [2.45, 2.75) is 44.9 Å². The maximum Gasteiger partial charge on any atom is 0.226 e. The fourth-order valence-electron chi connectivity index (χ4n) is 4.32. The summed E-state index contributed by atoms with van der Waals surface area (Å²) in [7, 11) is 1.74. The number of carbonyl (C=O) groups is 1. The van der Waals surface area contributed by atoms with Gasteiger partial charge in [-0.15, -0.1) is 0 Å². The van der Waals surface area contributed by atoms with Gasteiger partial charge in [-0.05, 0) is 48.3 Å². The Morgan fingerprint density at radius 3 is 2.59 bits per heavy atom. The smallest absolute Gasteiger partial charge is 0.226 e. The van der Waals surface area contributed by atoms with E-state index in [2.05, 4.69) is 24.0 Å². The number of hydrogen-bond acceptors (Lipinski definition) is 2. The number of benzene rings is 2. The molecule has 0 N–H and O–H groups in total. The Bertz CT molecular complexity index is 728. The third kappa shape index (κ3) is 5.12. The van der Waals surface area contributed by atoms with Crippen LogP contribution in [0.15, 0.2) is 54.6 Å². The minimum atomic E-state index is 0.253. The molecule has 27 heavy (non-hydrogen) atoms. The van der Waals surface area contributed by atoms with E-state index in [1.165, 1.54) is 12.0 Å². The summed E-state index contributed by atoms with van der Waals surface area (Å²) in [5, 5.41) is 0. The van der Waals surface area contributed by atoms with Gasteiger partial charge in [0.1, 0.15) is 5.75 Å². The minimum Gasteiger partial charge on any atom is -0.496 e. The molecule has 0 aromatic heterocycles. The quantitative estimate of drug-likeness (QED) is 0.716. The zero-order valence-corrected chi connectivity index (χ0v) is 16.6. The van der Waals surface area contributed by atoms with Crippen LogP contribution in [0.25, 0.3) is 0 Å². The second-order valence-electron chi connectivity index (χ2n) is 7.62. The van der Waals surface area contributed by atoms with Crippen LogP contribution in [0.1, 0.15) is 49.7 Å². The first kappa shape index (κ1) is 19.5. The molecule has 1 heterocycles. The molecular formula is C24H31NO2. The number of methoxy groups -OCH3 is 1. The van der Waals surface area contributed by atoms with Crippen molar-refractivity contribution >= 4 is 5.91 Å².